The van der Waals surface area contributed by atoms with E-state index in [4.69, 9.17) is 18.9 Å². The van der Waals surface area contributed by atoms with Crippen LogP contribution >= 0.6 is 0 Å². The van der Waals surface area contributed by atoms with Crippen molar-refractivity contribution in [2.75, 3.05) is 19.7 Å². The Kier molecular flexibility index (Phi) is 7.91. The Morgan fingerprint density at radius 2 is 1.68 bits per heavy atom. The van der Waals surface area contributed by atoms with Crippen molar-refractivity contribution in [1.29, 1.82) is 0 Å². The van der Waals surface area contributed by atoms with E-state index >= 15 is 0 Å². The van der Waals surface area contributed by atoms with Crippen molar-refractivity contribution in [1.82, 2.24) is 4.90 Å². The standard InChI is InChI=1S/C38H61NO8/c1-21-18-24(32(34(6,7)43)45-23(3)41)46-30-29(21)35(8)14-15-38-20-37(38)13-12-27(47-28-19-39(22(2)40)16-17-44-28)33(4,5)25(37)10-11-26(38)36(35,9)31(30)42/h21,24-32,42-43H,10-20H2,1-9H3/t21-,24-,25+,26+,27+,28+,29?,30+,31+,32+,35-,36-,37-,38+/m1/s1. The predicted molar refractivity (Wildman–Crippen MR) is 175 cm³/mol. The highest BCUT2D eigenvalue weighted by atomic mass is 16.7. The van der Waals surface area contributed by atoms with Crippen LogP contribution in [0.5, 0.6) is 0 Å². The number of esters is 1. The fourth-order valence-corrected chi connectivity index (χ4v) is 13.8. The molecule has 0 bridgehead atoms. The van der Waals surface area contributed by atoms with Gasteiger partial charge in [0.15, 0.2) is 12.4 Å². The highest BCUT2D eigenvalue weighted by molar-refractivity contribution is 5.73. The van der Waals surface area contributed by atoms with E-state index in [0.717, 1.165) is 32.1 Å². The predicted octanol–water partition coefficient (Wildman–Crippen LogP) is 5.09. The summed E-state index contributed by atoms with van der Waals surface area (Å²) in [6.07, 6.45) is 6.05. The number of fused-ring (bicyclic) bond motifs is 4. The third kappa shape index (κ3) is 4.64. The first-order valence-electron chi connectivity index (χ1n) is 18.6. The summed E-state index contributed by atoms with van der Waals surface area (Å²) in [6.45, 7) is 19.9. The molecule has 5 aliphatic carbocycles. The highest BCUT2D eigenvalue weighted by Gasteiger charge is 2.84. The molecule has 2 heterocycles. The summed E-state index contributed by atoms with van der Waals surface area (Å²) >= 11 is 0. The molecule has 9 nitrogen and oxygen atoms in total. The van der Waals surface area contributed by atoms with Crippen LogP contribution in [-0.2, 0) is 28.5 Å². The summed E-state index contributed by atoms with van der Waals surface area (Å²) in [5.74, 6) is 1.06. The van der Waals surface area contributed by atoms with Gasteiger partial charge >= 0.3 is 5.97 Å². The van der Waals surface area contributed by atoms with Crippen LogP contribution < -0.4 is 0 Å². The number of hydrogen-bond acceptors (Lipinski definition) is 8. The van der Waals surface area contributed by atoms with Gasteiger partial charge in [0.2, 0.25) is 5.91 Å². The fourth-order valence-electron chi connectivity index (χ4n) is 13.8. The van der Waals surface area contributed by atoms with Crippen molar-refractivity contribution in [3.05, 3.63) is 0 Å². The molecule has 2 aliphatic heterocycles. The van der Waals surface area contributed by atoms with E-state index in [1.165, 1.54) is 19.8 Å². The number of carbonyl (C=O) groups excluding carboxylic acids is 2. The van der Waals surface area contributed by atoms with Crippen molar-refractivity contribution in [3.63, 3.8) is 0 Å². The average Bonchev–Trinajstić information content (AvgIpc) is 3.61. The minimum atomic E-state index is -1.26. The van der Waals surface area contributed by atoms with Gasteiger partial charge in [-0.2, -0.15) is 0 Å². The summed E-state index contributed by atoms with van der Waals surface area (Å²) in [5.41, 5.74) is -1.16. The number of carbonyl (C=O) groups is 2. The smallest absolute Gasteiger partial charge is 0.303 e. The number of rotatable bonds is 5. The van der Waals surface area contributed by atoms with E-state index in [9.17, 15) is 19.8 Å². The summed E-state index contributed by atoms with van der Waals surface area (Å²) < 4.78 is 25.3. The number of ether oxygens (including phenoxy) is 4. The van der Waals surface area contributed by atoms with Crippen molar-refractivity contribution in [3.8, 4) is 0 Å². The zero-order valence-electron chi connectivity index (χ0n) is 30.3. The molecule has 7 rings (SSSR count). The van der Waals surface area contributed by atoms with Crippen LogP contribution in [0, 0.1) is 50.7 Å². The van der Waals surface area contributed by atoms with Crippen LogP contribution in [0.3, 0.4) is 0 Å². The van der Waals surface area contributed by atoms with Gasteiger partial charge in [-0.25, -0.2) is 0 Å². The fraction of sp³-hybridized carbons (Fsp3) is 0.947. The SMILES string of the molecule is CC(=O)O[C@@H]([C@H]1C[C@@H](C)C2[C@H](O1)[C@H](O)[C@@]1(C)[C@@H]3CC[C@H]4C(C)(C)[C@@H](O[C@H]5CN(C(C)=O)CCO5)CC[C@@]45C[C@@]35CC[C@]21C)C(C)(C)O. The van der Waals surface area contributed by atoms with E-state index < -0.39 is 29.9 Å². The van der Waals surface area contributed by atoms with Gasteiger partial charge in [-0.05, 0) is 111 Å². The number of nitrogens with zero attached hydrogens (tertiary/aromatic N) is 1. The number of amides is 1. The van der Waals surface area contributed by atoms with E-state index in [0.29, 0.717) is 38.0 Å². The molecule has 266 valence electrons. The highest BCUT2D eigenvalue weighted by Crippen LogP contribution is 2.89. The second-order valence-corrected chi connectivity index (χ2v) is 18.6. The third-order valence-corrected chi connectivity index (χ3v) is 15.9. The van der Waals surface area contributed by atoms with Gasteiger partial charge in [0.05, 0.1) is 43.2 Å². The topological polar surface area (TPSA) is 115 Å². The number of aliphatic hydroxyl groups is 2. The van der Waals surface area contributed by atoms with Gasteiger partial charge in [0.25, 0.3) is 0 Å². The first-order chi connectivity index (χ1) is 21.8. The largest absolute Gasteiger partial charge is 0.457 e. The Hall–Kier alpha value is -1.26. The van der Waals surface area contributed by atoms with Crippen molar-refractivity contribution >= 4 is 11.9 Å². The number of aliphatic hydroxyl groups excluding tert-OH is 1. The van der Waals surface area contributed by atoms with Gasteiger partial charge in [0, 0.05) is 25.8 Å². The van der Waals surface area contributed by atoms with Crippen molar-refractivity contribution < 1.29 is 38.7 Å². The number of morpholine rings is 1. The van der Waals surface area contributed by atoms with Gasteiger partial charge in [-0.3, -0.25) is 9.59 Å². The summed E-state index contributed by atoms with van der Waals surface area (Å²) in [4.78, 5) is 26.0. The summed E-state index contributed by atoms with van der Waals surface area (Å²) in [5, 5.41) is 23.6. The molecule has 0 radical (unpaired) electrons. The Bertz CT molecular complexity index is 1280. The lowest BCUT2D eigenvalue weighted by atomic mass is 9.41. The van der Waals surface area contributed by atoms with E-state index in [1.54, 1.807) is 20.8 Å². The van der Waals surface area contributed by atoms with Crippen molar-refractivity contribution in [2.45, 2.75) is 156 Å². The minimum Gasteiger partial charge on any atom is -0.457 e. The second-order valence-electron chi connectivity index (χ2n) is 18.6. The summed E-state index contributed by atoms with van der Waals surface area (Å²) in [6, 6.07) is 0. The Labute approximate surface area is 281 Å². The molecule has 2 spiro atoms. The number of hydrogen-bond donors (Lipinski definition) is 2. The van der Waals surface area contributed by atoms with Gasteiger partial charge < -0.3 is 34.1 Å². The molecule has 7 aliphatic rings. The maximum Gasteiger partial charge on any atom is 0.303 e. The zero-order chi connectivity index (χ0) is 34.1. The molecular formula is C38H61NO8. The maximum absolute atomic E-state index is 12.5. The molecule has 0 aromatic carbocycles. The Morgan fingerprint density at radius 3 is 2.34 bits per heavy atom. The molecule has 14 atom stereocenters. The third-order valence-electron chi connectivity index (χ3n) is 15.9. The van der Waals surface area contributed by atoms with Crippen LogP contribution in [0.1, 0.15) is 114 Å². The van der Waals surface area contributed by atoms with Gasteiger partial charge in [-0.1, -0.05) is 34.6 Å². The Balaban J connectivity index is 1.13. The van der Waals surface area contributed by atoms with Gasteiger partial charge in [-0.15, -0.1) is 0 Å². The molecule has 7 fully saturated rings. The van der Waals surface area contributed by atoms with Crippen LogP contribution in [-0.4, -0.2) is 89.1 Å². The summed E-state index contributed by atoms with van der Waals surface area (Å²) in [7, 11) is 0. The normalized spacial score (nSPS) is 50.6. The molecule has 2 N–H and O–H groups in total. The van der Waals surface area contributed by atoms with E-state index in [-0.39, 0.29) is 63.3 Å². The minimum absolute atomic E-state index is 0.0216. The molecule has 1 amide bonds. The average molecular weight is 660 g/mol. The van der Waals surface area contributed by atoms with Crippen LogP contribution in [0.2, 0.25) is 0 Å². The van der Waals surface area contributed by atoms with E-state index in [2.05, 4.69) is 34.6 Å². The molecule has 2 saturated heterocycles. The molecule has 5 saturated carbocycles. The second kappa shape index (κ2) is 10.9. The zero-order valence-corrected chi connectivity index (χ0v) is 30.3. The lowest BCUT2D eigenvalue weighted by Crippen LogP contribution is -2.60. The first-order valence-corrected chi connectivity index (χ1v) is 18.6. The molecule has 0 aromatic rings. The first kappa shape index (κ1) is 34.2. The lowest BCUT2D eigenvalue weighted by molar-refractivity contribution is -0.247. The Morgan fingerprint density at radius 1 is 1.00 bits per heavy atom. The van der Waals surface area contributed by atoms with Crippen LogP contribution in [0.4, 0.5) is 0 Å². The quantitative estimate of drug-likeness (QED) is 0.393. The molecular weight excluding hydrogens is 598 g/mol. The van der Waals surface area contributed by atoms with Crippen LogP contribution in [0.25, 0.3) is 0 Å². The molecule has 47 heavy (non-hydrogen) atoms. The van der Waals surface area contributed by atoms with Gasteiger partial charge in [0.1, 0.15) is 0 Å². The molecule has 0 aromatic heterocycles. The molecule has 1 unspecified atom stereocenters. The molecule has 9 heteroatoms. The monoisotopic (exact) mass is 659 g/mol. The van der Waals surface area contributed by atoms with Crippen LogP contribution in [0.15, 0.2) is 0 Å². The van der Waals surface area contributed by atoms with Crippen molar-refractivity contribution in [2.24, 2.45) is 50.7 Å². The lowest BCUT2D eigenvalue weighted by Gasteiger charge is -2.64. The maximum atomic E-state index is 12.5. The van der Waals surface area contributed by atoms with E-state index in [1.807, 2.05) is 4.90 Å².